The predicted molar refractivity (Wildman–Crippen MR) is 85.1 cm³/mol. The molecule has 0 aromatic carbocycles. The van der Waals surface area contributed by atoms with Gasteiger partial charge in [0.05, 0.1) is 0 Å². The van der Waals surface area contributed by atoms with E-state index >= 15 is 0 Å². The lowest BCUT2D eigenvalue weighted by Gasteiger charge is -2.42. The summed E-state index contributed by atoms with van der Waals surface area (Å²) in [5.41, 5.74) is 0.767. The molecule has 1 nitrogen and oxygen atoms in total. The van der Waals surface area contributed by atoms with E-state index in [1.54, 1.807) is 0 Å². The molecule has 1 N–H and O–H groups in total. The molecular formula is C18H33N. The van der Waals surface area contributed by atoms with Gasteiger partial charge >= 0.3 is 0 Å². The van der Waals surface area contributed by atoms with Gasteiger partial charge in [0.15, 0.2) is 0 Å². The molecule has 0 amide bonds. The number of hydrogen-bond donors (Lipinski definition) is 1. The number of nitrogens with one attached hydrogen (secondary N) is 1. The quantitative estimate of drug-likeness (QED) is 0.730. The first kappa shape index (κ1) is 16.6. The van der Waals surface area contributed by atoms with Gasteiger partial charge in [0, 0.05) is 12.0 Å². The van der Waals surface area contributed by atoms with Crippen LogP contribution in [0.1, 0.15) is 73.6 Å². The molecule has 0 radical (unpaired) electrons. The zero-order valence-electron chi connectivity index (χ0n) is 13.9. The summed E-state index contributed by atoms with van der Waals surface area (Å²) in [6, 6.07) is 0. The molecule has 110 valence electrons. The minimum atomic E-state index is 0.237. The van der Waals surface area contributed by atoms with Crippen molar-refractivity contribution in [1.29, 1.82) is 0 Å². The number of hydrogen-bond acceptors (Lipinski definition) is 1. The van der Waals surface area contributed by atoms with E-state index in [1.165, 1.54) is 32.2 Å². The Hall–Kier alpha value is -0.480. The fraction of sp³-hybridized carbons (Fsp3) is 0.889. The average Bonchev–Trinajstić information content (AvgIpc) is 2.26. The van der Waals surface area contributed by atoms with Crippen molar-refractivity contribution in [2.24, 2.45) is 17.3 Å². The van der Waals surface area contributed by atoms with Crippen molar-refractivity contribution in [1.82, 2.24) is 5.32 Å². The molecule has 2 atom stereocenters. The van der Waals surface area contributed by atoms with Crippen LogP contribution in [0, 0.1) is 29.1 Å². The van der Waals surface area contributed by atoms with Crippen molar-refractivity contribution >= 4 is 0 Å². The van der Waals surface area contributed by atoms with Crippen LogP contribution in [-0.2, 0) is 0 Å². The van der Waals surface area contributed by atoms with Gasteiger partial charge in [-0.05, 0) is 77.2 Å². The Bertz CT molecular complexity index is 324. The highest BCUT2D eigenvalue weighted by Crippen LogP contribution is 2.43. The van der Waals surface area contributed by atoms with Gasteiger partial charge in [-0.3, -0.25) is 0 Å². The van der Waals surface area contributed by atoms with Gasteiger partial charge in [0.25, 0.3) is 0 Å². The normalized spacial score (nSPS) is 26.6. The fourth-order valence-corrected chi connectivity index (χ4v) is 3.22. The van der Waals surface area contributed by atoms with E-state index in [4.69, 9.17) is 0 Å². The Labute approximate surface area is 120 Å². The third-order valence-corrected chi connectivity index (χ3v) is 4.38. The van der Waals surface area contributed by atoms with Gasteiger partial charge in [-0.25, -0.2) is 0 Å². The predicted octanol–water partition coefficient (Wildman–Crippen LogP) is 4.62. The van der Waals surface area contributed by atoms with Crippen molar-refractivity contribution in [2.45, 2.75) is 79.2 Å². The Morgan fingerprint density at radius 1 is 1.21 bits per heavy atom. The maximum absolute atomic E-state index is 3.70. The van der Waals surface area contributed by atoms with Crippen LogP contribution in [0.2, 0.25) is 0 Å². The van der Waals surface area contributed by atoms with Crippen LogP contribution in [0.25, 0.3) is 0 Å². The lowest BCUT2D eigenvalue weighted by atomic mass is 9.66. The monoisotopic (exact) mass is 263 g/mol. The first-order valence-corrected chi connectivity index (χ1v) is 7.88. The van der Waals surface area contributed by atoms with Gasteiger partial charge in [-0.1, -0.05) is 13.8 Å². The first-order chi connectivity index (χ1) is 8.73. The van der Waals surface area contributed by atoms with Crippen LogP contribution in [0.5, 0.6) is 0 Å². The zero-order valence-corrected chi connectivity index (χ0v) is 13.9. The van der Waals surface area contributed by atoms with Crippen molar-refractivity contribution in [3.05, 3.63) is 0 Å². The molecule has 0 aliphatic heterocycles. The first-order valence-electron chi connectivity index (χ1n) is 7.88. The summed E-state index contributed by atoms with van der Waals surface area (Å²) in [6.45, 7) is 14.8. The van der Waals surface area contributed by atoms with E-state index in [1.807, 2.05) is 6.92 Å². The molecule has 0 aromatic rings. The molecule has 0 heterocycles. The van der Waals surface area contributed by atoms with Gasteiger partial charge in [-0.2, -0.15) is 0 Å². The molecule has 2 unspecified atom stereocenters. The SMILES string of the molecule is CC#CCCC1CC(C)(C)CCC1CNC(C)(C)C. The summed E-state index contributed by atoms with van der Waals surface area (Å²) in [5.74, 6) is 7.96. The highest BCUT2D eigenvalue weighted by molar-refractivity contribution is 4.96. The second-order valence-corrected chi connectivity index (χ2v) is 8.02. The van der Waals surface area contributed by atoms with E-state index in [-0.39, 0.29) is 5.54 Å². The molecule has 0 spiro atoms. The Balaban J connectivity index is 2.56. The van der Waals surface area contributed by atoms with Crippen LogP contribution in [-0.4, -0.2) is 12.1 Å². The van der Waals surface area contributed by atoms with Gasteiger partial charge in [0.2, 0.25) is 0 Å². The molecule has 1 saturated carbocycles. The van der Waals surface area contributed by atoms with Crippen LogP contribution in [0.4, 0.5) is 0 Å². The lowest BCUT2D eigenvalue weighted by Crippen LogP contribution is -2.43. The minimum Gasteiger partial charge on any atom is -0.312 e. The van der Waals surface area contributed by atoms with Crippen LogP contribution in [0.3, 0.4) is 0 Å². The highest BCUT2D eigenvalue weighted by Gasteiger charge is 2.34. The molecule has 1 heteroatoms. The zero-order chi connectivity index (χ0) is 14.5. The molecule has 1 aliphatic rings. The third kappa shape index (κ3) is 6.48. The third-order valence-electron chi connectivity index (χ3n) is 4.38. The van der Waals surface area contributed by atoms with Crippen molar-refractivity contribution in [3.8, 4) is 11.8 Å². The van der Waals surface area contributed by atoms with Crippen molar-refractivity contribution < 1.29 is 0 Å². The molecule has 1 fully saturated rings. The molecule has 19 heavy (non-hydrogen) atoms. The second kappa shape index (κ2) is 6.80. The Morgan fingerprint density at radius 3 is 2.47 bits per heavy atom. The number of rotatable bonds is 4. The maximum atomic E-state index is 3.70. The standard InChI is InChI=1S/C18H33N/c1-7-8-9-10-15-13-18(5,6)12-11-16(15)14-19-17(2,3)4/h15-16,19H,9-14H2,1-6H3. The Morgan fingerprint density at radius 2 is 1.89 bits per heavy atom. The molecule has 1 aliphatic carbocycles. The van der Waals surface area contributed by atoms with E-state index in [0.717, 1.165) is 18.3 Å². The summed E-state index contributed by atoms with van der Waals surface area (Å²) in [5, 5.41) is 3.70. The van der Waals surface area contributed by atoms with E-state index in [9.17, 15) is 0 Å². The lowest BCUT2D eigenvalue weighted by molar-refractivity contribution is 0.106. The van der Waals surface area contributed by atoms with E-state index in [2.05, 4.69) is 51.8 Å². The van der Waals surface area contributed by atoms with Crippen LogP contribution < -0.4 is 5.32 Å². The molecule has 0 saturated heterocycles. The molecular weight excluding hydrogens is 230 g/mol. The van der Waals surface area contributed by atoms with Crippen molar-refractivity contribution in [2.75, 3.05) is 6.54 Å². The summed E-state index contributed by atoms with van der Waals surface area (Å²) in [4.78, 5) is 0. The minimum absolute atomic E-state index is 0.237. The molecule has 1 rings (SSSR count). The van der Waals surface area contributed by atoms with E-state index in [0.29, 0.717) is 5.41 Å². The van der Waals surface area contributed by atoms with Crippen LogP contribution in [0.15, 0.2) is 0 Å². The van der Waals surface area contributed by atoms with Gasteiger partial charge in [-0.15, -0.1) is 11.8 Å². The second-order valence-electron chi connectivity index (χ2n) is 8.02. The van der Waals surface area contributed by atoms with Crippen molar-refractivity contribution in [3.63, 3.8) is 0 Å². The van der Waals surface area contributed by atoms with Gasteiger partial charge in [0.1, 0.15) is 0 Å². The molecule has 0 aromatic heterocycles. The Kier molecular flexibility index (Phi) is 5.93. The largest absolute Gasteiger partial charge is 0.312 e. The fourth-order valence-electron chi connectivity index (χ4n) is 3.22. The van der Waals surface area contributed by atoms with E-state index < -0.39 is 0 Å². The summed E-state index contributed by atoms with van der Waals surface area (Å²) < 4.78 is 0. The summed E-state index contributed by atoms with van der Waals surface area (Å²) >= 11 is 0. The topological polar surface area (TPSA) is 12.0 Å². The molecule has 0 bridgehead atoms. The maximum Gasteiger partial charge on any atom is 0.00966 e. The highest BCUT2D eigenvalue weighted by atomic mass is 14.9. The van der Waals surface area contributed by atoms with Crippen LogP contribution >= 0.6 is 0 Å². The van der Waals surface area contributed by atoms with Gasteiger partial charge < -0.3 is 5.32 Å². The summed E-state index contributed by atoms with van der Waals surface area (Å²) in [6.07, 6.45) is 6.47. The average molecular weight is 263 g/mol. The summed E-state index contributed by atoms with van der Waals surface area (Å²) in [7, 11) is 0. The smallest absolute Gasteiger partial charge is 0.00966 e.